The number of benzene rings is 1. The van der Waals surface area contributed by atoms with Gasteiger partial charge in [-0.15, -0.1) is 0 Å². The number of rotatable bonds is 3. The monoisotopic (exact) mass is 200 g/mol. The zero-order valence-electron chi connectivity index (χ0n) is 7.88. The third kappa shape index (κ3) is 2.28. The van der Waals surface area contributed by atoms with E-state index in [1.807, 2.05) is 0 Å². The molecule has 0 aliphatic rings. The summed E-state index contributed by atoms with van der Waals surface area (Å²) in [7, 11) is 0. The van der Waals surface area contributed by atoms with E-state index in [1.54, 1.807) is 19.1 Å². The lowest BCUT2D eigenvalue weighted by atomic mass is 10.0. The minimum absolute atomic E-state index is 0.0625. The molecule has 4 heteroatoms. The van der Waals surface area contributed by atoms with Crippen molar-refractivity contribution in [1.82, 2.24) is 0 Å². The first-order chi connectivity index (χ1) is 6.52. The molecule has 0 radical (unpaired) electrons. The first-order valence-corrected chi connectivity index (χ1v) is 4.07. The number of Topliss-reactive ketones (excluding diaryl/α,β-unsaturated/α-hetero) is 1. The van der Waals surface area contributed by atoms with Gasteiger partial charge in [0.1, 0.15) is 5.75 Å². The first kappa shape index (κ1) is 10.6. The average Bonchev–Trinajstić information content (AvgIpc) is 2.01. The molecule has 1 rings (SSSR count). The maximum atomic E-state index is 12.0. The highest BCUT2D eigenvalue weighted by Crippen LogP contribution is 2.23. The van der Waals surface area contributed by atoms with Gasteiger partial charge in [0.15, 0.2) is 5.78 Å². The summed E-state index contributed by atoms with van der Waals surface area (Å²) < 4.78 is 28.2. The maximum Gasteiger partial charge on any atom is 0.387 e. The van der Waals surface area contributed by atoms with Crippen molar-refractivity contribution in [3.63, 3.8) is 0 Å². The summed E-state index contributed by atoms with van der Waals surface area (Å²) in [6.07, 6.45) is 0. The molecule has 0 heterocycles. The second-order valence-corrected chi connectivity index (χ2v) is 2.88. The summed E-state index contributed by atoms with van der Waals surface area (Å²) in [5.41, 5.74) is 0.850. The van der Waals surface area contributed by atoms with Crippen molar-refractivity contribution in [3.8, 4) is 5.75 Å². The van der Waals surface area contributed by atoms with Crippen LogP contribution in [0.15, 0.2) is 18.2 Å². The highest BCUT2D eigenvalue weighted by atomic mass is 19.3. The summed E-state index contributed by atoms with van der Waals surface area (Å²) in [5.74, 6) is -0.341. The van der Waals surface area contributed by atoms with Crippen LogP contribution in [0.2, 0.25) is 0 Å². The molecule has 2 nitrogen and oxygen atoms in total. The van der Waals surface area contributed by atoms with E-state index in [2.05, 4.69) is 4.74 Å². The Kier molecular flexibility index (Phi) is 3.17. The van der Waals surface area contributed by atoms with Gasteiger partial charge in [-0.1, -0.05) is 12.1 Å². The Balaban J connectivity index is 3.14. The normalized spacial score (nSPS) is 10.4. The molecule has 1 aromatic rings. The zero-order valence-corrected chi connectivity index (χ0v) is 7.88. The van der Waals surface area contributed by atoms with E-state index in [-0.39, 0.29) is 17.1 Å². The fourth-order valence-corrected chi connectivity index (χ4v) is 1.29. The Morgan fingerprint density at radius 1 is 1.43 bits per heavy atom. The zero-order chi connectivity index (χ0) is 10.7. The molecule has 0 N–H and O–H groups in total. The first-order valence-electron chi connectivity index (χ1n) is 4.07. The molecule has 0 fully saturated rings. The molecule has 76 valence electrons. The van der Waals surface area contributed by atoms with Crippen LogP contribution in [0.25, 0.3) is 0 Å². The minimum atomic E-state index is -2.91. The molecule has 1 aromatic carbocycles. The van der Waals surface area contributed by atoms with E-state index in [0.29, 0.717) is 5.56 Å². The van der Waals surface area contributed by atoms with Crippen LogP contribution in [-0.2, 0) is 0 Å². The van der Waals surface area contributed by atoms with Gasteiger partial charge in [0.05, 0.1) is 5.56 Å². The van der Waals surface area contributed by atoms with Crippen molar-refractivity contribution in [2.24, 2.45) is 0 Å². The summed E-state index contributed by atoms with van der Waals surface area (Å²) in [6, 6.07) is 4.60. The van der Waals surface area contributed by atoms with Crippen molar-refractivity contribution in [1.29, 1.82) is 0 Å². The minimum Gasteiger partial charge on any atom is -0.434 e. The van der Waals surface area contributed by atoms with E-state index in [1.165, 1.54) is 13.0 Å². The van der Waals surface area contributed by atoms with Crippen molar-refractivity contribution in [2.75, 3.05) is 0 Å². The molecule has 0 amide bonds. The highest BCUT2D eigenvalue weighted by molar-refractivity contribution is 5.98. The second kappa shape index (κ2) is 4.17. The third-order valence-electron chi connectivity index (χ3n) is 1.80. The van der Waals surface area contributed by atoms with E-state index in [9.17, 15) is 13.6 Å². The second-order valence-electron chi connectivity index (χ2n) is 2.88. The Hall–Kier alpha value is -1.45. The number of halogens is 2. The largest absolute Gasteiger partial charge is 0.434 e. The summed E-state index contributed by atoms with van der Waals surface area (Å²) in [5, 5.41) is 0. The van der Waals surface area contributed by atoms with Gasteiger partial charge in [-0.2, -0.15) is 8.78 Å². The van der Waals surface area contributed by atoms with Gasteiger partial charge in [0, 0.05) is 0 Å². The number of carbonyl (C=O) groups is 1. The standard InChI is InChI=1S/C10H10F2O2/c1-6-4-3-5-8(14-10(11)12)9(6)7(2)13/h3-5,10H,1-2H3. The number of hydrogen-bond donors (Lipinski definition) is 0. The number of carbonyl (C=O) groups excluding carboxylic acids is 1. The fraction of sp³-hybridized carbons (Fsp3) is 0.300. The van der Waals surface area contributed by atoms with Crippen LogP contribution in [0, 0.1) is 6.92 Å². The predicted octanol–water partition coefficient (Wildman–Crippen LogP) is 2.80. The van der Waals surface area contributed by atoms with Crippen LogP contribution >= 0.6 is 0 Å². The van der Waals surface area contributed by atoms with Crippen LogP contribution in [0.4, 0.5) is 8.78 Å². The van der Waals surface area contributed by atoms with Gasteiger partial charge in [-0.25, -0.2) is 0 Å². The summed E-state index contributed by atoms with van der Waals surface area (Å²) in [4.78, 5) is 11.1. The highest BCUT2D eigenvalue weighted by Gasteiger charge is 2.14. The SMILES string of the molecule is CC(=O)c1c(C)cccc1OC(F)F. The molecule has 0 spiro atoms. The van der Waals surface area contributed by atoms with Gasteiger partial charge in [-0.3, -0.25) is 4.79 Å². The van der Waals surface area contributed by atoms with Gasteiger partial charge in [0.2, 0.25) is 0 Å². The summed E-state index contributed by atoms with van der Waals surface area (Å²) >= 11 is 0. The molecule has 0 aromatic heterocycles. The molecular weight excluding hydrogens is 190 g/mol. The third-order valence-corrected chi connectivity index (χ3v) is 1.80. The van der Waals surface area contributed by atoms with E-state index in [4.69, 9.17) is 0 Å². The van der Waals surface area contributed by atoms with E-state index >= 15 is 0 Å². The van der Waals surface area contributed by atoms with Gasteiger partial charge >= 0.3 is 6.61 Å². The van der Waals surface area contributed by atoms with Crippen LogP contribution in [0.3, 0.4) is 0 Å². The van der Waals surface area contributed by atoms with Crippen molar-refractivity contribution < 1.29 is 18.3 Å². The van der Waals surface area contributed by atoms with Gasteiger partial charge in [0.25, 0.3) is 0 Å². The Labute approximate surface area is 80.5 Å². The van der Waals surface area contributed by atoms with Crippen LogP contribution < -0.4 is 4.74 Å². The quantitative estimate of drug-likeness (QED) is 0.701. The molecule has 0 aliphatic heterocycles. The molecule has 0 aliphatic carbocycles. The van der Waals surface area contributed by atoms with E-state index < -0.39 is 6.61 Å². The molecule has 0 bridgehead atoms. The van der Waals surface area contributed by atoms with Crippen molar-refractivity contribution in [3.05, 3.63) is 29.3 Å². The lowest BCUT2D eigenvalue weighted by molar-refractivity contribution is -0.0501. The topological polar surface area (TPSA) is 26.3 Å². The van der Waals surface area contributed by atoms with Crippen LogP contribution in [-0.4, -0.2) is 12.4 Å². The molecule has 0 atom stereocenters. The van der Waals surface area contributed by atoms with Gasteiger partial charge in [-0.05, 0) is 25.5 Å². The average molecular weight is 200 g/mol. The number of hydrogen-bond acceptors (Lipinski definition) is 2. The van der Waals surface area contributed by atoms with Crippen LogP contribution in [0.5, 0.6) is 5.75 Å². The predicted molar refractivity (Wildman–Crippen MR) is 47.8 cm³/mol. The molecule has 0 saturated heterocycles. The summed E-state index contributed by atoms with van der Waals surface area (Å²) in [6.45, 7) is 0.0883. The lowest BCUT2D eigenvalue weighted by Gasteiger charge is -2.10. The molecule has 14 heavy (non-hydrogen) atoms. The molecular formula is C10H10F2O2. The Morgan fingerprint density at radius 3 is 2.57 bits per heavy atom. The number of ketones is 1. The molecule has 0 saturated carbocycles. The Bertz CT molecular complexity index is 348. The fourth-order valence-electron chi connectivity index (χ4n) is 1.29. The number of ether oxygens (including phenoxy) is 1. The van der Waals surface area contributed by atoms with Crippen molar-refractivity contribution >= 4 is 5.78 Å². The Morgan fingerprint density at radius 2 is 2.07 bits per heavy atom. The smallest absolute Gasteiger partial charge is 0.387 e. The number of aryl methyl sites for hydroxylation is 1. The van der Waals surface area contributed by atoms with Crippen molar-refractivity contribution in [2.45, 2.75) is 20.5 Å². The van der Waals surface area contributed by atoms with Crippen LogP contribution in [0.1, 0.15) is 22.8 Å². The molecule has 0 unspecified atom stereocenters. The van der Waals surface area contributed by atoms with Gasteiger partial charge < -0.3 is 4.74 Å². The number of alkyl halides is 2. The van der Waals surface area contributed by atoms with E-state index in [0.717, 1.165) is 0 Å². The maximum absolute atomic E-state index is 12.0. The lowest BCUT2D eigenvalue weighted by Crippen LogP contribution is -2.07.